The van der Waals surface area contributed by atoms with Gasteiger partial charge in [-0.05, 0) is 47.3 Å². The number of nitrogens with zero attached hydrogens (tertiary/aromatic N) is 1. The van der Waals surface area contributed by atoms with E-state index in [9.17, 15) is 4.79 Å². The zero-order chi connectivity index (χ0) is 15.4. The summed E-state index contributed by atoms with van der Waals surface area (Å²) in [5.74, 6) is 0. The monoisotopic (exact) mass is 283 g/mol. The number of hydrogen-bond acceptors (Lipinski definition) is 6. The topological polar surface area (TPSA) is 62.8 Å². The molecule has 1 saturated heterocycles. The third-order valence-corrected chi connectivity index (χ3v) is 3.64. The van der Waals surface area contributed by atoms with Crippen LogP contribution in [-0.4, -0.2) is 56.8 Å². The van der Waals surface area contributed by atoms with Gasteiger partial charge in [-0.3, -0.25) is 0 Å². The maximum Gasteiger partial charge on any atom is 0.493 e. The van der Waals surface area contributed by atoms with Crippen molar-refractivity contribution in [3.63, 3.8) is 0 Å². The molecule has 0 aromatic heterocycles. The quantitative estimate of drug-likeness (QED) is 0.576. The highest BCUT2D eigenvalue weighted by Gasteiger charge is 2.52. The van der Waals surface area contributed by atoms with Gasteiger partial charge < -0.3 is 24.4 Å². The van der Waals surface area contributed by atoms with Crippen LogP contribution < -0.4 is 10.7 Å². The summed E-state index contributed by atoms with van der Waals surface area (Å²) in [5, 5.41) is 4.49. The summed E-state index contributed by atoms with van der Waals surface area (Å²) in [6.07, 6.45) is 2.74. The maximum absolute atomic E-state index is 10.4. The number of hydrazine groups is 1. The first kappa shape index (κ1) is 17.2. The Morgan fingerprint density at radius 2 is 1.85 bits per heavy atom. The first-order chi connectivity index (χ1) is 9.27. The number of hydrogen-bond donors (Lipinski definition) is 2. The van der Waals surface area contributed by atoms with E-state index in [0.717, 1.165) is 11.8 Å². The molecule has 0 unspecified atom stereocenters. The van der Waals surface area contributed by atoms with Crippen LogP contribution in [0.4, 0.5) is 0 Å². The van der Waals surface area contributed by atoms with Crippen molar-refractivity contribution in [3.05, 3.63) is 11.7 Å². The fourth-order valence-electron chi connectivity index (χ4n) is 1.82. The zero-order valence-electron chi connectivity index (χ0n) is 13.3. The molecule has 0 saturated carbocycles. The summed E-state index contributed by atoms with van der Waals surface area (Å²) in [4.78, 5) is 10.4. The molecule has 0 spiro atoms. The minimum Gasteiger partial charge on any atom is -0.399 e. The largest absolute Gasteiger partial charge is 0.493 e. The molecule has 0 amide bonds. The first-order valence-electron chi connectivity index (χ1n) is 6.86. The van der Waals surface area contributed by atoms with Crippen LogP contribution in [0, 0.1) is 0 Å². The van der Waals surface area contributed by atoms with Crippen LogP contribution in [0.25, 0.3) is 0 Å². The Morgan fingerprint density at radius 3 is 2.30 bits per heavy atom. The van der Waals surface area contributed by atoms with Crippen LogP contribution in [0.1, 0.15) is 27.7 Å². The number of nitrogens with one attached hydrogen (secondary N) is 2. The maximum atomic E-state index is 10.4. The highest BCUT2D eigenvalue weighted by atomic mass is 16.7. The van der Waals surface area contributed by atoms with Gasteiger partial charge >= 0.3 is 7.12 Å². The van der Waals surface area contributed by atoms with E-state index < -0.39 is 0 Å². The van der Waals surface area contributed by atoms with E-state index in [1.807, 2.05) is 48.0 Å². The van der Waals surface area contributed by atoms with E-state index in [4.69, 9.17) is 9.31 Å². The molecular formula is C13H26BN3O3. The summed E-state index contributed by atoms with van der Waals surface area (Å²) < 4.78 is 11.9. The van der Waals surface area contributed by atoms with Crippen molar-refractivity contribution in [3.8, 4) is 0 Å². The standard InChI is InChI=1S/C11H19BN2O3.C2H7N/c1-10(2)11(3,4)17-12(16-10)9-7-13-14(8-9)5-6-15;1-3-2/h6,8,13H,5,7H2,1-4H3;3H,1-2H3. The molecule has 0 aliphatic carbocycles. The number of carbonyl (C=O) groups excluding carboxylic acids is 1. The molecule has 0 radical (unpaired) electrons. The molecule has 0 aromatic rings. The van der Waals surface area contributed by atoms with Crippen molar-refractivity contribution in [1.29, 1.82) is 0 Å². The summed E-state index contributed by atoms with van der Waals surface area (Å²) in [5.41, 5.74) is 3.46. The molecule has 20 heavy (non-hydrogen) atoms. The lowest BCUT2D eigenvalue weighted by atomic mass is 9.79. The van der Waals surface area contributed by atoms with Gasteiger partial charge in [0.2, 0.25) is 0 Å². The minimum absolute atomic E-state index is 0.323. The number of carbonyl (C=O) groups is 1. The van der Waals surface area contributed by atoms with Gasteiger partial charge in [-0.15, -0.1) is 0 Å². The van der Waals surface area contributed by atoms with Crippen LogP contribution in [0.3, 0.4) is 0 Å². The normalized spacial score (nSPS) is 23.2. The smallest absolute Gasteiger partial charge is 0.399 e. The van der Waals surface area contributed by atoms with Crippen LogP contribution >= 0.6 is 0 Å². The Hall–Kier alpha value is -0.885. The zero-order valence-corrected chi connectivity index (χ0v) is 13.3. The second kappa shape index (κ2) is 6.71. The first-order valence-corrected chi connectivity index (χ1v) is 6.86. The van der Waals surface area contributed by atoms with E-state index in [-0.39, 0.29) is 18.3 Å². The van der Waals surface area contributed by atoms with Crippen molar-refractivity contribution >= 4 is 13.4 Å². The number of aldehydes is 1. The molecule has 0 atom stereocenters. The molecule has 2 aliphatic heterocycles. The van der Waals surface area contributed by atoms with Gasteiger partial charge in [0.05, 0.1) is 17.7 Å². The molecule has 2 rings (SSSR count). The number of rotatable bonds is 3. The van der Waals surface area contributed by atoms with Crippen molar-refractivity contribution in [2.75, 3.05) is 27.2 Å². The molecule has 0 bridgehead atoms. The summed E-state index contributed by atoms with van der Waals surface area (Å²) >= 11 is 0. The van der Waals surface area contributed by atoms with Gasteiger partial charge in [-0.2, -0.15) is 0 Å². The van der Waals surface area contributed by atoms with Gasteiger partial charge in [-0.1, -0.05) is 0 Å². The Kier molecular flexibility index (Phi) is 5.76. The van der Waals surface area contributed by atoms with Gasteiger partial charge in [0.15, 0.2) is 0 Å². The lowest BCUT2D eigenvalue weighted by Gasteiger charge is -2.32. The third-order valence-electron chi connectivity index (χ3n) is 3.64. The summed E-state index contributed by atoms with van der Waals surface area (Å²) in [7, 11) is 3.42. The predicted molar refractivity (Wildman–Crippen MR) is 79.9 cm³/mol. The van der Waals surface area contributed by atoms with Crippen LogP contribution in [0.5, 0.6) is 0 Å². The lowest BCUT2D eigenvalue weighted by molar-refractivity contribution is -0.108. The van der Waals surface area contributed by atoms with E-state index in [0.29, 0.717) is 13.1 Å². The molecule has 7 heteroatoms. The Bertz CT molecular complexity index is 356. The summed E-state index contributed by atoms with van der Waals surface area (Å²) in [6, 6.07) is 0. The summed E-state index contributed by atoms with van der Waals surface area (Å²) in [6.45, 7) is 9.10. The minimum atomic E-state index is -0.329. The molecule has 2 heterocycles. The van der Waals surface area contributed by atoms with E-state index in [1.165, 1.54) is 0 Å². The van der Waals surface area contributed by atoms with Crippen molar-refractivity contribution in [1.82, 2.24) is 15.8 Å². The average Bonchev–Trinajstić information content (AvgIpc) is 2.84. The molecule has 0 aromatic carbocycles. The third kappa shape index (κ3) is 3.82. The Morgan fingerprint density at radius 1 is 1.35 bits per heavy atom. The van der Waals surface area contributed by atoms with Crippen LogP contribution in [0.2, 0.25) is 0 Å². The molecule has 2 N–H and O–H groups in total. The Labute approximate surface area is 122 Å². The fraction of sp³-hybridized carbons (Fsp3) is 0.769. The van der Waals surface area contributed by atoms with Crippen LogP contribution in [-0.2, 0) is 14.1 Å². The van der Waals surface area contributed by atoms with Gasteiger partial charge in [0.1, 0.15) is 6.29 Å². The van der Waals surface area contributed by atoms with E-state index in [1.54, 1.807) is 5.01 Å². The molecule has 6 nitrogen and oxygen atoms in total. The molecule has 114 valence electrons. The van der Waals surface area contributed by atoms with Crippen molar-refractivity contribution in [2.24, 2.45) is 0 Å². The SMILES string of the molecule is CC1(C)OB(C2=CN(CC=O)NC2)OC1(C)C.CNC. The molecular weight excluding hydrogens is 257 g/mol. The van der Waals surface area contributed by atoms with E-state index >= 15 is 0 Å². The van der Waals surface area contributed by atoms with Gasteiger partial charge in [0, 0.05) is 12.7 Å². The van der Waals surface area contributed by atoms with Crippen LogP contribution in [0.15, 0.2) is 11.7 Å². The van der Waals surface area contributed by atoms with Crippen molar-refractivity contribution in [2.45, 2.75) is 38.9 Å². The second-order valence-corrected chi connectivity index (χ2v) is 5.95. The average molecular weight is 283 g/mol. The molecule has 2 aliphatic rings. The van der Waals surface area contributed by atoms with Gasteiger partial charge in [0.25, 0.3) is 0 Å². The fourth-order valence-corrected chi connectivity index (χ4v) is 1.82. The Balaban J connectivity index is 0.000000612. The van der Waals surface area contributed by atoms with Crippen molar-refractivity contribution < 1.29 is 14.1 Å². The highest BCUT2D eigenvalue weighted by Crippen LogP contribution is 2.38. The molecule has 1 fully saturated rings. The van der Waals surface area contributed by atoms with Gasteiger partial charge in [-0.25, -0.2) is 5.43 Å². The second-order valence-electron chi connectivity index (χ2n) is 5.95. The lowest BCUT2D eigenvalue weighted by Crippen LogP contribution is -2.41. The predicted octanol–water partition coefficient (Wildman–Crippen LogP) is 0.356. The highest BCUT2D eigenvalue weighted by molar-refractivity contribution is 6.54. The van der Waals surface area contributed by atoms with E-state index in [2.05, 4.69) is 10.7 Å².